The van der Waals surface area contributed by atoms with Crippen LogP contribution in [-0.2, 0) is 17.4 Å². The first kappa shape index (κ1) is 13.3. The van der Waals surface area contributed by atoms with Crippen LogP contribution in [0.3, 0.4) is 0 Å². The largest absolute Gasteiger partial charge is 0.416 e. The van der Waals surface area contributed by atoms with Crippen LogP contribution in [0, 0.1) is 0 Å². The highest BCUT2D eigenvalue weighted by Crippen LogP contribution is 2.29. The van der Waals surface area contributed by atoms with Gasteiger partial charge in [0.2, 0.25) is 0 Å². The normalized spacial score (nSPS) is 12.6. The molecule has 0 saturated carbocycles. The van der Waals surface area contributed by atoms with Gasteiger partial charge in [0.15, 0.2) is 5.78 Å². The number of alkyl halides is 3. The van der Waals surface area contributed by atoms with Crippen molar-refractivity contribution in [3.63, 3.8) is 0 Å². The summed E-state index contributed by atoms with van der Waals surface area (Å²) in [4.78, 5) is 11.3. The summed E-state index contributed by atoms with van der Waals surface area (Å²) in [6.45, 7) is 1.57. The zero-order valence-corrected chi connectivity index (χ0v) is 9.21. The lowest BCUT2D eigenvalue weighted by Crippen LogP contribution is -2.06. The lowest BCUT2D eigenvalue weighted by atomic mass is 10.1. The van der Waals surface area contributed by atoms with E-state index in [1.807, 2.05) is 0 Å². The number of carbonyl (C=O) groups is 1. The minimum Gasteiger partial charge on any atom is -0.402 e. The van der Waals surface area contributed by atoms with E-state index in [1.54, 1.807) is 6.92 Å². The molecule has 0 atom stereocenters. The average Bonchev–Trinajstić information content (AvgIpc) is 2.15. The van der Waals surface area contributed by atoms with Gasteiger partial charge in [0.05, 0.1) is 5.56 Å². The second-order valence-electron chi connectivity index (χ2n) is 3.73. The van der Waals surface area contributed by atoms with Crippen molar-refractivity contribution in [2.45, 2.75) is 19.5 Å². The van der Waals surface area contributed by atoms with Crippen LogP contribution in [0.25, 0.3) is 0 Å². The Balaban J connectivity index is 2.76. The molecule has 0 amide bonds. The quantitative estimate of drug-likeness (QED) is 0.829. The van der Waals surface area contributed by atoms with Gasteiger partial charge in [-0.1, -0.05) is 12.1 Å². The monoisotopic (exact) mass is 243 g/mol. The first-order chi connectivity index (χ1) is 7.79. The van der Waals surface area contributed by atoms with Crippen LogP contribution in [0.2, 0.25) is 0 Å². The van der Waals surface area contributed by atoms with Gasteiger partial charge >= 0.3 is 6.18 Å². The van der Waals surface area contributed by atoms with Gasteiger partial charge in [-0.15, -0.1) is 0 Å². The predicted octanol–water partition coefficient (Wildman–Crippen LogP) is 2.68. The Bertz CT molecular complexity index is 428. The first-order valence-corrected chi connectivity index (χ1v) is 4.92. The molecule has 0 radical (unpaired) electrons. The number of ketones is 1. The summed E-state index contributed by atoms with van der Waals surface area (Å²) < 4.78 is 36.8. The van der Waals surface area contributed by atoms with Gasteiger partial charge in [0.25, 0.3) is 0 Å². The Morgan fingerprint density at radius 2 is 1.82 bits per heavy atom. The molecule has 0 fully saturated rings. The Kier molecular flexibility index (Phi) is 3.93. The fourth-order valence-electron chi connectivity index (χ4n) is 1.32. The summed E-state index contributed by atoms with van der Waals surface area (Å²) in [6.07, 6.45) is -3.04. The maximum atomic E-state index is 12.3. The van der Waals surface area contributed by atoms with Gasteiger partial charge in [0.1, 0.15) is 0 Å². The molecule has 1 aromatic carbocycles. The molecule has 0 bridgehead atoms. The molecular weight excluding hydrogens is 231 g/mol. The van der Waals surface area contributed by atoms with E-state index in [2.05, 4.69) is 0 Å². The molecule has 2 N–H and O–H groups in total. The number of allylic oxidation sites excluding steroid dienone is 2. The third kappa shape index (κ3) is 4.30. The van der Waals surface area contributed by atoms with Crippen molar-refractivity contribution in [3.05, 3.63) is 47.2 Å². The van der Waals surface area contributed by atoms with Crippen LogP contribution >= 0.6 is 0 Å². The summed E-state index contributed by atoms with van der Waals surface area (Å²) in [6, 6.07) is 4.50. The van der Waals surface area contributed by atoms with E-state index >= 15 is 0 Å². The van der Waals surface area contributed by atoms with Crippen molar-refractivity contribution < 1.29 is 18.0 Å². The molecule has 1 aromatic rings. The Labute approximate surface area is 96.9 Å². The smallest absolute Gasteiger partial charge is 0.402 e. The average molecular weight is 243 g/mol. The Morgan fingerprint density at radius 3 is 2.24 bits per heavy atom. The number of hydrogen-bond donors (Lipinski definition) is 1. The summed E-state index contributed by atoms with van der Waals surface area (Å²) in [7, 11) is 0. The number of halogens is 3. The van der Waals surface area contributed by atoms with Crippen LogP contribution in [0.4, 0.5) is 13.2 Å². The summed E-state index contributed by atoms with van der Waals surface area (Å²) in [5.74, 6) is -0.232. The SMILES string of the molecule is C/C(N)=C/C(=O)Cc1ccc(C(F)(F)F)cc1. The van der Waals surface area contributed by atoms with E-state index in [4.69, 9.17) is 5.73 Å². The molecule has 0 spiro atoms. The first-order valence-electron chi connectivity index (χ1n) is 4.92. The maximum Gasteiger partial charge on any atom is 0.416 e. The molecule has 0 aliphatic heterocycles. The maximum absolute atomic E-state index is 12.3. The highest BCUT2D eigenvalue weighted by atomic mass is 19.4. The molecule has 0 unspecified atom stereocenters. The van der Waals surface area contributed by atoms with Crippen molar-refractivity contribution in [2.24, 2.45) is 5.73 Å². The van der Waals surface area contributed by atoms with E-state index in [9.17, 15) is 18.0 Å². The molecule has 2 nitrogen and oxygen atoms in total. The number of carbonyl (C=O) groups excluding carboxylic acids is 1. The van der Waals surface area contributed by atoms with Crippen molar-refractivity contribution in [2.75, 3.05) is 0 Å². The lowest BCUT2D eigenvalue weighted by Gasteiger charge is -2.06. The van der Waals surface area contributed by atoms with Crippen LogP contribution in [0.5, 0.6) is 0 Å². The van der Waals surface area contributed by atoms with Crippen LogP contribution in [0.1, 0.15) is 18.1 Å². The van der Waals surface area contributed by atoms with Gasteiger partial charge < -0.3 is 5.73 Å². The third-order valence-corrected chi connectivity index (χ3v) is 2.05. The number of hydrogen-bond acceptors (Lipinski definition) is 2. The Hall–Kier alpha value is -1.78. The molecule has 0 aliphatic rings. The van der Waals surface area contributed by atoms with Gasteiger partial charge in [-0.2, -0.15) is 13.2 Å². The van der Waals surface area contributed by atoms with E-state index in [1.165, 1.54) is 18.2 Å². The number of benzene rings is 1. The standard InChI is InChI=1S/C12H12F3NO/c1-8(16)6-11(17)7-9-2-4-10(5-3-9)12(13,14)15/h2-6H,7,16H2,1H3/b8-6-. The molecule has 92 valence electrons. The number of rotatable bonds is 3. The van der Waals surface area contributed by atoms with Gasteiger partial charge in [-0.25, -0.2) is 0 Å². The second-order valence-corrected chi connectivity index (χ2v) is 3.73. The van der Waals surface area contributed by atoms with Crippen molar-refractivity contribution in [1.29, 1.82) is 0 Å². The van der Waals surface area contributed by atoms with Crippen LogP contribution < -0.4 is 5.73 Å². The van der Waals surface area contributed by atoms with Crippen LogP contribution in [0.15, 0.2) is 36.0 Å². The molecule has 0 heterocycles. The molecular formula is C12H12F3NO. The van der Waals surface area contributed by atoms with E-state index in [0.29, 0.717) is 11.3 Å². The molecule has 0 aromatic heterocycles. The zero-order valence-electron chi connectivity index (χ0n) is 9.21. The van der Waals surface area contributed by atoms with Gasteiger partial charge in [-0.05, 0) is 30.7 Å². The van der Waals surface area contributed by atoms with E-state index in [0.717, 1.165) is 12.1 Å². The summed E-state index contributed by atoms with van der Waals surface area (Å²) >= 11 is 0. The van der Waals surface area contributed by atoms with Crippen LogP contribution in [-0.4, -0.2) is 5.78 Å². The summed E-state index contributed by atoms with van der Waals surface area (Å²) in [5, 5.41) is 0. The lowest BCUT2D eigenvalue weighted by molar-refractivity contribution is -0.137. The Morgan fingerprint density at radius 1 is 1.29 bits per heavy atom. The minimum absolute atomic E-state index is 0.0483. The van der Waals surface area contributed by atoms with E-state index < -0.39 is 11.7 Å². The third-order valence-electron chi connectivity index (χ3n) is 2.05. The predicted molar refractivity (Wildman–Crippen MR) is 58.1 cm³/mol. The highest BCUT2D eigenvalue weighted by Gasteiger charge is 2.29. The highest BCUT2D eigenvalue weighted by molar-refractivity contribution is 5.91. The zero-order chi connectivity index (χ0) is 13.1. The minimum atomic E-state index is -4.35. The van der Waals surface area contributed by atoms with E-state index in [-0.39, 0.29) is 12.2 Å². The molecule has 0 saturated heterocycles. The summed E-state index contributed by atoms with van der Waals surface area (Å²) in [5.41, 5.74) is 5.50. The molecule has 0 aliphatic carbocycles. The topological polar surface area (TPSA) is 43.1 Å². The van der Waals surface area contributed by atoms with Crippen molar-refractivity contribution in [3.8, 4) is 0 Å². The molecule has 17 heavy (non-hydrogen) atoms. The van der Waals surface area contributed by atoms with Crippen molar-refractivity contribution >= 4 is 5.78 Å². The van der Waals surface area contributed by atoms with Crippen molar-refractivity contribution in [1.82, 2.24) is 0 Å². The molecule has 1 rings (SSSR count). The fourth-order valence-corrected chi connectivity index (χ4v) is 1.32. The molecule has 5 heteroatoms. The number of nitrogens with two attached hydrogens (primary N) is 1. The van der Waals surface area contributed by atoms with Gasteiger partial charge in [-0.3, -0.25) is 4.79 Å². The fraction of sp³-hybridized carbons (Fsp3) is 0.250. The second kappa shape index (κ2) is 5.03. The van der Waals surface area contributed by atoms with Gasteiger partial charge in [0, 0.05) is 12.1 Å².